The van der Waals surface area contributed by atoms with Crippen LogP contribution in [0.4, 0.5) is 0 Å². The first-order valence-electron chi connectivity index (χ1n) is 4.36. The van der Waals surface area contributed by atoms with E-state index in [0.717, 1.165) is 0 Å². The number of halogens is 4. The van der Waals surface area contributed by atoms with Gasteiger partial charge in [-0.25, -0.2) is 9.97 Å². The summed E-state index contributed by atoms with van der Waals surface area (Å²) in [4.78, 5) is 7.84. The topological polar surface area (TPSA) is 35.0 Å². The Morgan fingerprint density at radius 1 is 0.765 bits per heavy atom. The van der Waals surface area contributed by atoms with Gasteiger partial charge in [-0.2, -0.15) is 0 Å². The first-order valence-corrected chi connectivity index (χ1v) is 5.87. The van der Waals surface area contributed by atoms with Gasteiger partial charge in [-0.15, -0.1) is 0 Å². The van der Waals surface area contributed by atoms with Crippen LogP contribution in [0.1, 0.15) is 0 Å². The highest BCUT2D eigenvalue weighted by molar-refractivity contribution is 6.36. The molecule has 0 N–H and O–H groups in total. The third-order valence-corrected chi connectivity index (χ3v) is 2.70. The molecule has 2 aromatic heterocycles. The van der Waals surface area contributed by atoms with Crippen molar-refractivity contribution < 1.29 is 4.74 Å². The molecule has 0 radical (unpaired) electrons. The number of aromatic nitrogens is 2. The average Bonchev–Trinajstić information content (AvgIpc) is 2.25. The smallest absolute Gasteiger partial charge is 0.240 e. The lowest BCUT2D eigenvalue weighted by Gasteiger charge is -2.06. The van der Waals surface area contributed by atoms with Gasteiger partial charge in [-0.3, -0.25) is 0 Å². The highest BCUT2D eigenvalue weighted by atomic mass is 35.5. The highest BCUT2D eigenvalue weighted by Crippen LogP contribution is 2.32. The van der Waals surface area contributed by atoms with E-state index in [1.807, 2.05) is 0 Å². The quantitative estimate of drug-likeness (QED) is 0.792. The van der Waals surface area contributed by atoms with Crippen LogP contribution < -0.4 is 4.74 Å². The predicted octanol–water partition coefficient (Wildman–Crippen LogP) is 4.88. The molecular weight excluding hydrogens is 306 g/mol. The summed E-state index contributed by atoms with van der Waals surface area (Å²) in [6, 6.07) is 3.02. The maximum atomic E-state index is 5.89. The fourth-order valence-corrected chi connectivity index (χ4v) is 1.88. The van der Waals surface area contributed by atoms with E-state index in [0.29, 0.717) is 10.0 Å². The Morgan fingerprint density at radius 3 is 1.53 bits per heavy atom. The molecule has 0 bridgehead atoms. The summed E-state index contributed by atoms with van der Waals surface area (Å²) in [5.41, 5.74) is 0. The molecular formula is C10H4Cl4N2O. The highest BCUT2D eigenvalue weighted by Gasteiger charge is 2.10. The van der Waals surface area contributed by atoms with Crippen LogP contribution >= 0.6 is 46.4 Å². The van der Waals surface area contributed by atoms with Crippen LogP contribution in [0.5, 0.6) is 11.8 Å². The minimum absolute atomic E-state index is 0.174. The van der Waals surface area contributed by atoms with E-state index < -0.39 is 0 Å². The minimum Gasteiger partial charge on any atom is -0.417 e. The van der Waals surface area contributed by atoms with Crippen molar-refractivity contribution >= 4 is 46.4 Å². The number of hydrogen-bond donors (Lipinski definition) is 0. The summed E-state index contributed by atoms with van der Waals surface area (Å²) >= 11 is 23.2. The van der Waals surface area contributed by atoms with Gasteiger partial charge >= 0.3 is 0 Å². The van der Waals surface area contributed by atoms with Crippen LogP contribution in [0.3, 0.4) is 0 Å². The van der Waals surface area contributed by atoms with Crippen molar-refractivity contribution in [3.63, 3.8) is 0 Å². The molecule has 0 fully saturated rings. The van der Waals surface area contributed by atoms with Crippen LogP contribution in [0.2, 0.25) is 20.1 Å². The fourth-order valence-electron chi connectivity index (χ4n) is 1.05. The van der Waals surface area contributed by atoms with Gasteiger partial charge < -0.3 is 4.74 Å². The van der Waals surface area contributed by atoms with Crippen molar-refractivity contribution in [1.82, 2.24) is 9.97 Å². The zero-order chi connectivity index (χ0) is 12.4. The lowest BCUT2D eigenvalue weighted by Crippen LogP contribution is -1.92. The molecule has 7 heteroatoms. The van der Waals surface area contributed by atoms with Crippen LogP contribution in [0.15, 0.2) is 24.5 Å². The Hall–Kier alpha value is -0.740. The third kappa shape index (κ3) is 3.13. The van der Waals surface area contributed by atoms with Gasteiger partial charge in [0.2, 0.25) is 11.8 Å². The predicted molar refractivity (Wildman–Crippen MR) is 68.6 cm³/mol. The Kier molecular flexibility index (Phi) is 3.94. The summed E-state index contributed by atoms with van der Waals surface area (Å²) in [7, 11) is 0. The van der Waals surface area contributed by atoms with Gasteiger partial charge in [-0.05, 0) is 12.1 Å². The van der Waals surface area contributed by atoms with Gasteiger partial charge in [0.15, 0.2) is 0 Å². The van der Waals surface area contributed by atoms with Gasteiger partial charge in [0, 0.05) is 12.4 Å². The first-order chi connectivity index (χ1) is 8.06. The summed E-state index contributed by atoms with van der Waals surface area (Å²) in [6.07, 6.45) is 2.82. The number of pyridine rings is 2. The van der Waals surface area contributed by atoms with Crippen molar-refractivity contribution in [2.45, 2.75) is 0 Å². The molecule has 0 aliphatic carbocycles. The molecule has 2 heterocycles. The molecule has 2 rings (SSSR count). The van der Waals surface area contributed by atoms with E-state index in [4.69, 9.17) is 51.1 Å². The molecule has 0 saturated carbocycles. The second kappa shape index (κ2) is 5.27. The van der Waals surface area contributed by atoms with Crippen LogP contribution in [-0.4, -0.2) is 9.97 Å². The molecule has 0 amide bonds. The Morgan fingerprint density at radius 2 is 1.18 bits per heavy atom. The van der Waals surface area contributed by atoms with E-state index in [1.165, 1.54) is 24.5 Å². The maximum absolute atomic E-state index is 5.89. The largest absolute Gasteiger partial charge is 0.417 e. The summed E-state index contributed by atoms with van der Waals surface area (Å²) in [5.74, 6) is 0.348. The van der Waals surface area contributed by atoms with Crippen LogP contribution in [0.25, 0.3) is 0 Å². The summed E-state index contributed by atoms with van der Waals surface area (Å²) in [5, 5.41) is 1.37. The van der Waals surface area contributed by atoms with E-state index >= 15 is 0 Å². The second-order valence-corrected chi connectivity index (χ2v) is 4.67. The monoisotopic (exact) mass is 308 g/mol. The lowest BCUT2D eigenvalue weighted by atomic mass is 10.4. The van der Waals surface area contributed by atoms with Crippen molar-refractivity contribution in [3.05, 3.63) is 44.6 Å². The van der Waals surface area contributed by atoms with E-state index in [-0.39, 0.29) is 21.8 Å². The molecule has 0 atom stereocenters. The van der Waals surface area contributed by atoms with Crippen molar-refractivity contribution in [2.75, 3.05) is 0 Å². The molecule has 0 aliphatic rings. The molecule has 0 aromatic carbocycles. The molecule has 88 valence electrons. The summed E-state index contributed by atoms with van der Waals surface area (Å²) < 4.78 is 5.35. The van der Waals surface area contributed by atoms with Crippen LogP contribution in [-0.2, 0) is 0 Å². The van der Waals surface area contributed by atoms with Gasteiger partial charge in [0.05, 0.1) is 10.0 Å². The molecule has 3 nitrogen and oxygen atoms in total. The van der Waals surface area contributed by atoms with Crippen LogP contribution in [0, 0.1) is 0 Å². The average molecular weight is 310 g/mol. The Bertz CT molecular complexity index is 512. The SMILES string of the molecule is Clc1cnc(Oc2ncc(Cl)cc2Cl)c(Cl)c1. The van der Waals surface area contributed by atoms with Crippen molar-refractivity contribution in [2.24, 2.45) is 0 Å². The molecule has 0 saturated heterocycles. The molecule has 2 aromatic rings. The van der Waals surface area contributed by atoms with Gasteiger partial charge in [0.25, 0.3) is 0 Å². The Labute approximate surface area is 117 Å². The zero-order valence-corrected chi connectivity index (χ0v) is 11.1. The molecule has 0 aliphatic heterocycles. The second-order valence-electron chi connectivity index (χ2n) is 2.98. The van der Waals surface area contributed by atoms with Gasteiger partial charge in [0.1, 0.15) is 10.0 Å². The third-order valence-electron chi connectivity index (χ3n) is 1.74. The molecule has 0 unspecified atom stereocenters. The number of rotatable bonds is 2. The fraction of sp³-hybridized carbons (Fsp3) is 0. The van der Waals surface area contributed by atoms with Gasteiger partial charge in [-0.1, -0.05) is 46.4 Å². The number of nitrogens with zero attached hydrogens (tertiary/aromatic N) is 2. The number of hydrogen-bond acceptors (Lipinski definition) is 3. The van der Waals surface area contributed by atoms with E-state index in [2.05, 4.69) is 9.97 Å². The molecule has 17 heavy (non-hydrogen) atoms. The van der Waals surface area contributed by atoms with Crippen molar-refractivity contribution in [3.8, 4) is 11.8 Å². The summed E-state index contributed by atoms with van der Waals surface area (Å²) in [6.45, 7) is 0. The van der Waals surface area contributed by atoms with E-state index in [1.54, 1.807) is 0 Å². The Balaban J connectivity index is 2.31. The maximum Gasteiger partial charge on any atom is 0.240 e. The minimum atomic E-state index is 0.174. The zero-order valence-electron chi connectivity index (χ0n) is 8.12. The molecule has 0 spiro atoms. The standard InChI is InChI=1S/C10H4Cl4N2O/c11-5-1-7(13)9(15-3-5)17-10-8(14)2-6(12)4-16-10/h1-4H. The normalized spacial score (nSPS) is 10.4. The van der Waals surface area contributed by atoms with Crippen molar-refractivity contribution in [1.29, 1.82) is 0 Å². The number of ether oxygens (including phenoxy) is 1. The van der Waals surface area contributed by atoms with E-state index in [9.17, 15) is 0 Å². The first kappa shape index (κ1) is 12.7. The lowest BCUT2D eigenvalue weighted by molar-refractivity contribution is 0.445.